The number of hydrogen-bond acceptors (Lipinski definition) is 5. The zero-order valence-electron chi connectivity index (χ0n) is 19.6. The van der Waals surface area contributed by atoms with Crippen molar-refractivity contribution in [2.75, 3.05) is 11.9 Å². The van der Waals surface area contributed by atoms with Crippen LogP contribution in [0.15, 0.2) is 72.8 Å². The first-order valence-electron chi connectivity index (χ1n) is 11.5. The van der Waals surface area contributed by atoms with E-state index in [2.05, 4.69) is 10.3 Å². The van der Waals surface area contributed by atoms with Gasteiger partial charge in [-0.1, -0.05) is 46.9 Å². The summed E-state index contributed by atoms with van der Waals surface area (Å²) in [5.74, 6) is -0.401. The van der Waals surface area contributed by atoms with Gasteiger partial charge in [-0.05, 0) is 61.0 Å². The molecule has 1 aliphatic rings. The van der Waals surface area contributed by atoms with Crippen LogP contribution in [0.4, 0.5) is 5.82 Å². The van der Waals surface area contributed by atoms with E-state index in [1.165, 1.54) is 0 Å². The van der Waals surface area contributed by atoms with Crippen molar-refractivity contribution < 1.29 is 24.2 Å². The minimum absolute atomic E-state index is 0.259. The molecule has 0 fully saturated rings. The zero-order chi connectivity index (χ0) is 26.8. The van der Waals surface area contributed by atoms with Gasteiger partial charge in [-0.2, -0.15) is 0 Å². The number of aliphatic carboxylic acids is 1. The summed E-state index contributed by atoms with van der Waals surface area (Å²) in [6.45, 7) is 0.292. The molecule has 0 aliphatic carbocycles. The van der Waals surface area contributed by atoms with E-state index in [-0.39, 0.29) is 10.9 Å². The molecule has 0 saturated heterocycles. The van der Waals surface area contributed by atoms with Crippen LogP contribution in [0.5, 0.6) is 17.2 Å². The van der Waals surface area contributed by atoms with Crippen molar-refractivity contribution in [2.24, 2.45) is 0 Å². The standard InChI is InChI=1S/C28H19Cl3N2O5/c29-20-9-6-16(12-21(20)30)23-2-1-3-26(32-23)33-27(34)15-4-7-17(8-5-15)38-25-14-24-19(13-22(25)31)18(28(35)36)10-11-37-24/h1-9,12-14,18H,10-11H2,(H,35,36)(H,32,33,34). The van der Waals surface area contributed by atoms with E-state index in [1.54, 1.807) is 72.8 Å². The van der Waals surface area contributed by atoms with Crippen molar-refractivity contribution >= 4 is 52.5 Å². The number of aromatic nitrogens is 1. The van der Waals surface area contributed by atoms with Gasteiger partial charge in [0.05, 0.1) is 33.3 Å². The Morgan fingerprint density at radius 1 is 0.947 bits per heavy atom. The van der Waals surface area contributed by atoms with Gasteiger partial charge >= 0.3 is 5.97 Å². The molecule has 10 heteroatoms. The summed E-state index contributed by atoms with van der Waals surface area (Å²) < 4.78 is 11.5. The van der Waals surface area contributed by atoms with Gasteiger partial charge in [0.2, 0.25) is 0 Å². The van der Waals surface area contributed by atoms with Crippen molar-refractivity contribution in [3.05, 3.63) is 99.0 Å². The maximum absolute atomic E-state index is 12.8. The number of carbonyl (C=O) groups is 2. The van der Waals surface area contributed by atoms with Crippen LogP contribution in [-0.4, -0.2) is 28.6 Å². The Morgan fingerprint density at radius 3 is 2.47 bits per heavy atom. The average Bonchev–Trinajstić information content (AvgIpc) is 2.91. The third kappa shape index (κ3) is 5.55. The molecular formula is C28H19Cl3N2O5. The molecule has 7 nitrogen and oxygen atoms in total. The number of fused-ring (bicyclic) bond motifs is 1. The number of nitrogens with one attached hydrogen (secondary N) is 1. The number of anilines is 1. The fourth-order valence-corrected chi connectivity index (χ4v) is 4.54. The second-order valence-electron chi connectivity index (χ2n) is 8.47. The lowest BCUT2D eigenvalue weighted by molar-refractivity contribution is -0.139. The first kappa shape index (κ1) is 25.9. The lowest BCUT2D eigenvalue weighted by Gasteiger charge is -2.24. The zero-order valence-corrected chi connectivity index (χ0v) is 21.8. The molecule has 192 valence electrons. The number of rotatable bonds is 6. The topological polar surface area (TPSA) is 97.8 Å². The highest BCUT2D eigenvalue weighted by molar-refractivity contribution is 6.42. The molecule has 0 spiro atoms. The third-order valence-corrected chi connectivity index (χ3v) is 6.99. The number of carbonyl (C=O) groups excluding carboxylic acids is 1. The van der Waals surface area contributed by atoms with Crippen LogP contribution in [0, 0.1) is 0 Å². The first-order valence-corrected chi connectivity index (χ1v) is 12.6. The molecule has 5 rings (SSSR count). The second-order valence-corrected chi connectivity index (χ2v) is 9.69. The maximum atomic E-state index is 12.8. The number of carboxylic acid groups (broad SMARTS) is 1. The number of benzene rings is 3. The van der Waals surface area contributed by atoms with Crippen LogP contribution in [0.2, 0.25) is 15.1 Å². The highest BCUT2D eigenvalue weighted by Crippen LogP contribution is 2.42. The fourth-order valence-electron chi connectivity index (χ4n) is 4.03. The molecule has 3 aromatic carbocycles. The van der Waals surface area contributed by atoms with E-state index in [0.717, 1.165) is 5.56 Å². The van der Waals surface area contributed by atoms with Gasteiger partial charge in [0.15, 0.2) is 0 Å². The first-order chi connectivity index (χ1) is 18.3. The van der Waals surface area contributed by atoms with Crippen molar-refractivity contribution in [1.82, 2.24) is 4.98 Å². The van der Waals surface area contributed by atoms with Crippen LogP contribution >= 0.6 is 34.8 Å². The van der Waals surface area contributed by atoms with Crippen LogP contribution < -0.4 is 14.8 Å². The molecule has 1 unspecified atom stereocenters. The molecule has 38 heavy (non-hydrogen) atoms. The van der Waals surface area contributed by atoms with Crippen LogP contribution in [0.3, 0.4) is 0 Å². The number of nitrogens with zero attached hydrogens (tertiary/aromatic N) is 1. The normalized spacial score (nSPS) is 14.2. The van der Waals surface area contributed by atoms with Gasteiger partial charge in [0, 0.05) is 22.8 Å². The molecule has 4 aromatic rings. The quantitative estimate of drug-likeness (QED) is 0.247. The van der Waals surface area contributed by atoms with Gasteiger partial charge < -0.3 is 19.9 Å². The predicted octanol–water partition coefficient (Wildman–Crippen LogP) is 7.70. The highest BCUT2D eigenvalue weighted by atomic mass is 35.5. The molecule has 0 radical (unpaired) electrons. The van der Waals surface area contributed by atoms with Crippen molar-refractivity contribution in [3.63, 3.8) is 0 Å². The van der Waals surface area contributed by atoms with E-state index in [0.29, 0.717) is 63.0 Å². The Morgan fingerprint density at radius 2 is 1.74 bits per heavy atom. The van der Waals surface area contributed by atoms with Gasteiger partial charge in [0.25, 0.3) is 5.91 Å². The minimum atomic E-state index is -0.926. The van der Waals surface area contributed by atoms with Crippen molar-refractivity contribution in [1.29, 1.82) is 0 Å². The van der Waals surface area contributed by atoms with E-state index in [9.17, 15) is 14.7 Å². The minimum Gasteiger partial charge on any atom is -0.493 e. The van der Waals surface area contributed by atoms with E-state index >= 15 is 0 Å². The molecule has 1 aliphatic heterocycles. The summed E-state index contributed by atoms with van der Waals surface area (Å²) in [7, 11) is 0. The van der Waals surface area contributed by atoms with Crippen LogP contribution in [0.1, 0.15) is 28.3 Å². The molecule has 1 aromatic heterocycles. The molecule has 2 N–H and O–H groups in total. The Hall–Kier alpha value is -3.78. The molecular weight excluding hydrogens is 551 g/mol. The Labute approximate surface area is 232 Å². The van der Waals surface area contributed by atoms with Crippen molar-refractivity contribution in [2.45, 2.75) is 12.3 Å². The number of halogens is 3. The Kier molecular flexibility index (Phi) is 7.42. The molecule has 2 heterocycles. The highest BCUT2D eigenvalue weighted by Gasteiger charge is 2.29. The summed E-state index contributed by atoms with van der Waals surface area (Å²) in [6.07, 6.45) is 0.373. The summed E-state index contributed by atoms with van der Waals surface area (Å²) in [6, 6.07) is 20.1. The molecule has 0 saturated carbocycles. The lowest BCUT2D eigenvalue weighted by Crippen LogP contribution is -2.20. The number of ether oxygens (including phenoxy) is 2. The summed E-state index contributed by atoms with van der Waals surface area (Å²) in [4.78, 5) is 28.8. The van der Waals surface area contributed by atoms with E-state index in [1.807, 2.05) is 0 Å². The molecule has 0 bridgehead atoms. The number of amides is 1. The molecule has 1 atom stereocenters. The number of pyridine rings is 1. The van der Waals surface area contributed by atoms with Crippen molar-refractivity contribution in [3.8, 4) is 28.5 Å². The summed E-state index contributed by atoms with van der Waals surface area (Å²) >= 11 is 18.5. The van der Waals surface area contributed by atoms with E-state index < -0.39 is 11.9 Å². The maximum Gasteiger partial charge on any atom is 0.311 e. The van der Waals surface area contributed by atoms with Crippen LogP contribution in [-0.2, 0) is 4.79 Å². The van der Waals surface area contributed by atoms with E-state index in [4.69, 9.17) is 44.3 Å². The van der Waals surface area contributed by atoms with Gasteiger partial charge in [-0.15, -0.1) is 0 Å². The smallest absolute Gasteiger partial charge is 0.311 e. The second kappa shape index (κ2) is 10.9. The largest absolute Gasteiger partial charge is 0.493 e. The average molecular weight is 570 g/mol. The van der Waals surface area contributed by atoms with Gasteiger partial charge in [-0.3, -0.25) is 9.59 Å². The Balaban J connectivity index is 1.28. The lowest BCUT2D eigenvalue weighted by atomic mass is 9.93. The van der Waals surface area contributed by atoms with Crippen LogP contribution in [0.25, 0.3) is 11.3 Å². The van der Waals surface area contributed by atoms with Gasteiger partial charge in [0.1, 0.15) is 23.1 Å². The SMILES string of the molecule is O=C(Nc1cccc(-c2ccc(Cl)c(Cl)c2)n1)c1ccc(Oc2cc3c(cc2Cl)C(C(=O)O)CCO3)cc1. The number of carboxylic acids is 1. The monoisotopic (exact) mass is 568 g/mol. The fraction of sp³-hybridized carbons (Fsp3) is 0.107. The van der Waals surface area contributed by atoms with Gasteiger partial charge in [-0.25, -0.2) is 4.98 Å². The summed E-state index contributed by atoms with van der Waals surface area (Å²) in [5.41, 5.74) is 2.31. The third-order valence-electron chi connectivity index (χ3n) is 5.95. The predicted molar refractivity (Wildman–Crippen MR) is 146 cm³/mol. The molecule has 1 amide bonds. The summed E-state index contributed by atoms with van der Waals surface area (Å²) in [5, 5.41) is 13.4. The number of hydrogen-bond donors (Lipinski definition) is 2. The Bertz CT molecular complexity index is 1540.